The molecule has 1 unspecified atom stereocenters. The molecule has 180 valence electrons. The number of anilines is 2. The largest absolute Gasteiger partial charge is 0.383 e. The molecule has 0 radical (unpaired) electrons. The van der Waals surface area contributed by atoms with Crippen LogP contribution < -0.4 is 27.2 Å². The second-order valence-electron chi connectivity index (χ2n) is 8.01. The Morgan fingerprint density at radius 2 is 1.74 bits per heavy atom. The Morgan fingerprint density at radius 1 is 1.06 bits per heavy atom. The van der Waals surface area contributed by atoms with E-state index in [2.05, 4.69) is 10.3 Å². The van der Waals surface area contributed by atoms with Crippen molar-refractivity contribution in [2.24, 2.45) is 0 Å². The number of nitrogens with one attached hydrogen (secondary N) is 2. The summed E-state index contributed by atoms with van der Waals surface area (Å²) in [7, 11) is 0. The number of rotatable bonds is 9. The van der Waals surface area contributed by atoms with E-state index in [1.165, 1.54) is 4.57 Å². The van der Waals surface area contributed by atoms with Crippen LogP contribution in [0.5, 0.6) is 0 Å². The molecule has 4 rings (SSSR count). The summed E-state index contributed by atoms with van der Waals surface area (Å²) in [5.74, 6) is -0.246. The predicted molar refractivity (Wildman–Crippen MR) is 140 cm³/mol. The van der Waals surface area contributed by atoms with Gasteiger partial charge in [0.25, 0.3) is 5.56 Å². The number of H-pyrrole nitrogens is 1. The van der Waals surface area contributed by atoms with Crippen molar-refractivity contribution in [1.82, 2.24) is 14.9 Å². The van der Waals surface area contributed by atoms with Crippen LogP contribution in [0.15, 0.2) is 87.8 Å². The third kappa shape index (κ3) is 5.52. The Bertz CT molecular complexity index is 1380. The summed E-state index contributed by atoms with van der Waals surface area (Å²) in [6.45, 7) is 2.28. The van der Waals surface area contributed by atoms with E-state index in [1.807, 2.05) is 85.1 Å². The van der Waals surface area contributed by atoms with E-state index in [1.54, 1.807) is 16.2 Å². The first kappa shape index (κ1) is 24.0. The molecule has 4 aromatic rings. The summed E-state index contributed by atoms with van der Waals surface area (Å²) < 4.78 is 1.31. The number of thiophene rings is 1. The number of aromatic amines is 1. The van der Waals surface area contributed by atoms with Gasteiger partial charge in [-0.3, -0.25) is 19.1 Å². The molecule has 0 saturated carbocycles. The van der Waals surface area contributed by atoms with Crippen molar-refractivity contribution in [3.05, 3.63) is 115 Å². The molecule has 35 heavy (non-hydrogen) atoms. The highest BCUT2D eigenvalue weighted by Crippen LogP contribution is 2.26. The monoisotopic (exact) mass is 489 g/mol. The summed E-state index contributed by atoms with van der Waals surface area (Å²) in [5.41, 5.74) is 7.03. The maximum Gasteiger partial charge on any atom is 0.330 e. The van der Waals surface area contributed by atoms with Crippen molar-refractivity contribution >= 4 is 28.7 Å². The van der Waals surface area contributed by atoms with Gasteiger partial charge in [0.15, 0.2) is 0 Å². The number of amides is 1. The fourth-order valence-electron chi connectivity index (χ4n) is 3.95. The molecule has 4 N–H and O–H groups in total. The normalized spacial score (nSPS) is 11.7. The van der Waals surface area contributed by atoms with Crippen molar-refractivity contribution in [2.45, 2.75) is 19.5 Å². The minimum absolute atomic E-state index is 0.0233. The summed E-state index contributed by atoms with van der Waals surface area (Å²) >= 11 is 1.56. The quantitative estimate of drug-likeness (QED) is 0.335. The number of carbonyl (C=O) groups excluding carboxylic acids is 1. The highest BCUT2D eigenvalue weighted by Gasteiger charge is 2.23. The van der Waals surface area contributed by atoms with Gasteiger partial charge < -0.3 is 16.0 Å². The molecule has 1 atom stereocenters. The van der Waals surface area contributed by atoms with Gasteiger partial charge in [0.2, 0.25) is 5.91 Å². The van der Waals surface area contributed by atoms with Gasteiger partial charge in [0.05, 0.1) is 19.1 Å². The molecule has 0 aliphatic carbocycles. The number of nitrogen functional groups attached to an aromatic ring is 1. The lowest BCUT2D eigenvalue weighted by molar-refractivity contribution is -0.120. The van der Waals surface area contributed by atoms with Gasteiger partial charge in [-0.25, -0.2) is 4.79 Å². The first-order valence-corrected chi connectivity index (χ1v) is 12.1. The predicted octanol–water partition coefficient (Wildman–Crippen LogP) is 2.96. The van der Waals surface area contributed by atoms with Crippen molar-refractivity contribution in [3.63, 3.8) is 0 Å². The van der Waals surface area contributed by atoms with Crippen LogP contribution in [0, 0.1) is 0 Å². The van der Waals surface area contributed by atoms with Crippen LogP contribution in [0.3, 0.4) is 0 Å². The zero-order valence-corrected chi connectivity index (χ0v) is 20.1. The molecule has 0 saturated heterocycles. The Morgan fingerprint density at radius 3 is 2.37 bits per heavy atom. The molecule has 8 nitrogen and oxygen atoms in total. The Hall–Kier alpha value is -4.11. The Labute approximate surface area is 206 Å². The van der Waals surface area contributed by atoms with Crippen molar-refractivity contribution in [3.8, 4) is 0 Å². The molecule has 2 aromatic heterocycles. The van der Waals surface area contributed by atoms with E-state index < -0.39 is 11.2 Å². The van der Waals surface area contributed by atoms with E-state index in [0.717, 1.165) is 16.0 Å². The molecule has 2 heterocycles. The zero-order chi connectivity index (χ0) is 24.8. The number of benzene rings is 2. The Balaban J connectivity index is 1.60. The first-order chi connectivity index (χ1) is 17.0. The number of nitrogens with zero attached hydrogens (tertiary/aromatic N) is 2. The van der Waals surface area contributed by atoms with Crippen LogP contribution in [0.1, 0.15) is 29.0 Å². The van der Waals surface area contributed by atoms with E-state index in [0.29, 0.717) is 6.54 Å². The van der Waals surface area contributed by atoms with Crippen LogP contribution >= 0.6 is 11.3 Å². The van der Waals surface area contributed by atoms with Crippen LogP contribution in [0.25, 0.3) is 0 Å². The van der Waals surface area contributed by atoms with Crippen molar-refractivity contribution in [1.29, 1.82) is 0 Å². The third-order valence-electron chi connectivity index (χ3n) is 5.70. The van der Waals surface area contributed by atoms with Crippen LogP contribution in [0.2, 0.25) is 0 Å². The molecular weight excluding hydrogens is 462 g/mol. The summed E-state index contributed by atoms with van der Waals surface area (Å²) in [6, 6.07) is 22.7. The smallest absolute Gasteiger partial charge is 0.330 e. The SMILES string of the molecule is CCN(CC(=O)NC(c1ccccc1)c1cccs1)c1c(N)n(Cc2ccccc2)c(=O)[nH]c1=O. The molecule has 2 aromatic carbocycles. The fourth-order valence-corrected chi connectivity index (χ4v) is 4.76. The average molecular weight is 490 g/mol. The van der Waals surface area contributed by atoms with E-state index in [9.17, 15) is 14.4 Å². The fraction of sp³-hybridized carbons (Fsp3) is 0.192. The summed E-state index contributed by atoms with van der Waals surface area (Å²) in [6.07, 6.45) is 0. The number of carbonyl (C=O) groups is 1. The van der Waals surface area contributed by atoms with Crippen LogP contribution in [0.4, 0.5) is 11.5 Å². The van der Waals surface area contributed by atoms with Gasteiger partial charge in [-0.05, 0) is 29.5 Å². The highest BCUT2D eigenvalue weighted by molar-refractivity contribution is 7.10. The first-order valence-electron chi connectivity index (χ1n) is 11.3. The van der Waals surface area contributed by atoms with Gasteiger partial charge in [-0.2, -0.15) is 0 Å². The molecule has 0 spiro atoms. The van der Waals surface area contributed by atoms with Gasteiger partial charge in [-0.1, -0.05) is 66.7 Å². The van der Waals surface area contributed by atoms with E-state index in [-0.39, 0.29) is 36.5 Å². The maximum absolute atomic E-state index is 13.2. The minimum Gasteiger partial charge on any atom is -0.383 e. The third-order valence-corrected chi connectivity index (χ3v) is 6.63. The minimum atomic E-state index is -0.621. The van der Waals surface area contributed by atoms with Crippen LogP contribution in [-0.2, 0) is 11.3 Å². The van der Waals surface area contributed by atoms with Gasteiger partial charge in [0, 0.05) is 11.4 Å². The lowest BCUT2D eigenvalue weighted by Crippen LogP contribution is -2.43. The standard InChI is InChI=1S/C26H27N5O3S/c1-2-30(17-21(32)28-22(20-14-9-15-35-20)19-12-7-4-8-13-19)23-24(27)31(26(34)29-25(23)33)16-18-10-5-3-6-11-18/h3-15,22H,2,16-17,27H2,1H3,(H,28,32)(H,29,33,34). The molecule has 0 bridgehead atoms. The number of hydrogen-bond donors (Lipinski definition) is 3. The van der Waals surface area contributed by atoms with Gasteiger partial charge in [0.1, 0.15) is 11.5 Å². The second-order valence-corrected chi connectivity index (χ2v) is 8.98. The van der Waals surface area contributed by atoms with E-state index in [4.69, 9.17) is 5.73 Å². The molecular formula is C26H27N5O3S. The molecule has 1 amide bonds. The van der Waals surface area contributed by atoms with Gasteiger partial charge >= 0.3 is 5.69 Å². The lowest BCUT2D eigenvalue weighted by Gasteiger charge is -2.26. The van der Waals surface area contributed by atoms with Crippen molar-refractivity contribution < 1.29 is 4.79 Å². The number of likely N-dealkylation sites (N-methyl/N-ethyl adjacent to an activating group) is 1. The topological polar surface area (TPSA) is 113 Å². The number of hydrogen-bond acceptors (Lipinski definition) is 6. The van der Waals surface area contributed by atoms with Crippen LogP contribution in [-0.4, -0.2) is 28.5 Å². The highest BCUT2D eigenvalue weighted by atomic mass is 32.1. The summed E-state index contributed by atoms with van der Waals surface area (Å²) in [5, 5.41) is 5.05. The molecule has 0 fully saturated rings. The second kappa shape index (κ2) is 10.9. The molecule has 0 aliphatic rings. The van der Waals surface area contributed by atoms with E-state index >= 15 is 0 Å². The lowest BCUT2D eigenvalue weighted by atomic mass is 10.1. The molecule has 0 aliphatic heterocycles. The summed E-state index contributed by atoms with van der Waals surface area (Å²) in [4.78, 5) is 43.4. The number of nitrogens with two attached hydrogens (primary N) is 1. The number of aromatic nitrogens is 2. The van der Waals surface area contributed by atoms with Crippen molar-refractivity contribution in [2.75, 3.05) is 23.7 Å². The van der Waals surface area contributed by atoms with Gasteiger partial charge in [-0.15, -0.1) is 11.3 Å². The molecule has 9 heteroatoms. The maximum atomic E-state index is 13.2. The average Bonchev–Trinajstić information content (AvgIpc) is 3.40. The zero-order valence-electron chi connectivity index (χ0n) is 19.3. The Kier molecular flexibility index (Phi) is 7.47.